The molecule has 20 heavy (non-hydrogen) atoms. The molecule has 3 rings (SSSR count). The van der Waals surface area contributed by atoms with E-state index in [0.29, 0.717) is 11.3 Å². The molecule has 0 spiro atoms. The van der Waals surface area contributed by atoms with Crippen molar-refractivity contribution < 1.29 is 9.59 Å². The van der Waals surface area contributed by atoms with E-state index in [1.807, 2.05) is 30.3 Å². The number of rotatable bonds is 2. The molecule has 100 valence electrons. The van der Waals surface area contributed by atoms with Crippen molar-refractivity contribution in [2.45, 2.75) is 13.5 Å². The molecular weight excluding hydrogens is 276 g/mol. The minimum absolute atomic E-state index is 0.0916. The van der Waals surface area contributed by atoms with E-state index < -0.39 is 0 Å². The van der Waals surface area contributed by atoms with Crippen LogP contribution in [0.15, 0.2) is 36.4 Å². The molecule has 1 aliphatic heterocycles. The van der Waals surface area contributed by atoms with Gasteiger partial charge < -0.3 is 0 Å². The fourth-order valence-electron chi connectivity index (χ4n) is 2.29. The highest BCUT2D eigenvalue weighted by Crippen LogP contribution is 2.29. The molecule has 1 aromatic heterocycles. The van der Waals surface area contributed by atoms with E-state index in [9.17, 15) is 9.59 Å². The summed E-state index contributed by atoms with van der Waals surface area (Å²) in [6.45, 7) is 1.98. The van der Waals surface area contributed by atoms with Crippen LogP contribution in [0.1, 0.15) is 32.0 Å². The zero-order chi connectivity index (χ0) is 14.3. The Morgan fingerprint density at radius 1 is 1.15 bits per heavy atom. The summed E-state index contributed by atoms with van der Waals surface area (Å²) in [5.74, 6) is -0.701. The van der Waals surface area contributed by atoms with Crippen molar-refractivity contribution in [1.82, 2.24) is 9.88 Å². The zero-order valence-electron chi connectivity index (χ0n) is 10.8. The Morgan fingerprint density at radius 3 is 2.55 bits per heavy atom. The first-order valence-electron chi connectivity index (χ1n) is 6.15. The van der Waals surface area contributed by atoms with Gasteiger partial charge in [-0.2, -0.15) is 0 Å². The second kappa shape index (κ2) is 4.72. The van der Waals surface area contributed by atoms with Crippen molar-refractivity contribution in [2.24, 2.45) is 0 Å². The predicted molar refractivity (Wildman–Crippen MR) is 74.6 cm³/mol. The maximum Gasteiger partial charge on any atom is 0.265 e. The van der Waals surface area contributed by atoms with Gasteiger partial charge in [0.15, 0.2) is 0 Å². The van der Waals surface area contributed by atoms with Crippen molar-refractivity contribution >= 4 is 23.4 Å². The third kappa shape index (κ3) is 1.98. The summed E-state index contributed by atoms with van der Waals surface area (Å²) < 4.78 is 0. The minimum Gasteiger partial charge on any atom is -0.270 e. The molecule has 1 aromatic carbocycles. The molecule has 5 heteroatoms. The molecule has 4 nitrogen and oxygen atoms in total. The molecule has 1 aliphatic rings. The minimum atomic E-state index is -0.383. The van der Waals surface area contributed by atoms with Crippen molar-refractivity contribution in [3.05, 3.63) is 63.9 Å². The van der Waals surface area contributed by atoms with E-state index >= 15 is 0 Å². The van der Waals surface area contributed by atoms with E-state index in [0.717, 1.165) is 5.56 Å². The number of amides is 2. The number of fused-ring (bicyclic) bond motifs is 1. The van der Waals surface area contributed by atoms with E-state index in [4.69, 9.17) is 11.6 Å². The second-order valence-corrected chi connectivity index (χ2v) is 5.02. The van der Waals surface area contributed by atoms with Gasteiger partial charge >= 0.3 is 0 Å². The second-order valence-electron chi connectivity index (χ2n) is 4.66. The summed E-state index contributed by atoms with van der Waals surface area (Å²) in [4.78, 5) is 29.9. The Hall–Kier alpha value is -2.20. The van der Waals surface area contributed by atoms with Gasteiger partial charge in [-0.15, -0.1) is 0 Å². The molecule has 0 radical (unpaired) electrons. The molecule has 0 aliphatic carbocycles. The molecule has 0 saturated carbocycles. The number of hydrogen-bond donors (Lipinski definition) is 0. The third-order valence-corrected chi connectivity index (χ3v) is 3.49. The van der Waals surface area contributed by atoms with Crippen LogP contribution in [0.2, 0.25) is 5.15 Å². The quantitative estimate of drug-likeness (QED) is 0.630. The van der Waals surface area contributed by atoms with E-state index in [1.165, 1.54) is 4.90 Å². The Bertz CT molecular complexity index is 713. The zero-order valence-corrected chi connectivity index (χ0v) is 11.5. The Balaban J connectivity index is 2.00. The standard InChI is InChI=1S/C15H11ClN2O2/c1-9-7-11-12(13(16)17-9)15(20)18(14(11)19)8-10-5-3-2-4-6-10/h2-7H,8H2,1H3. The first kappa shape index (κ1) is 12.8. The normalized spacial score (nSPS) is 13.8. The summed E-state index contributed by atoms with van der Waals surface area (Å²) in [6.07, 6.45) is 0. The van der Waals surface area contributed by atoms with Crippen LogP contribution in [-0.2, 0) is 6.54 Å². The van der Waals surface area contributed by atoms with Crippen LogP contribution in [0, 0.1) is 6.92 Å². The molecule has 0 atom stereocenters. The van der Waals surface area contributed by atoms with Crippen LogP contribution < -0.4 is 0 Å². The highest BCUT2D eigenvalue weighted by atomic mass is 35.5. The predicted octanol–water partition coefficient (Wildman–Crippen LogP) is 2.84. The topological polar surface area (TPSA) is 50.3 Å². The van der Waals surface area contributed by atoms with Crippen LogP contribution in [0.5, 0.6) is 0 Å². The highest BCUT2D eigenvalue weighted by molar-refractivity contribution is 6.36. The lowest BCUT2D eigenvalue weighted by Gasteiger charge is -2.13. The number of carbonyl (C=O) groups excluding carboxylic acids is 2. The number of benzene rings is 1. The third-order valence-electron chi connectivity index (χ3n) is 3.22. The summed E-state index contributed by atoms with van der Waals surface area (Å²) in [5, 5.41) is 0.0916. The van der Waals surface area contributed by atoms with Gasteiger partial charge in [0.25, 0.3) is 11.8 Å². The van der Waals surface area contributed by atoms with Crippen LogP contribution in [0.3, 0.4) is 0 Å². The molecule has 2 amide bonds. The number of carbonyl (C=O) groups is 2. The summed E-state index contributed by atoms with van der Waals surface area (Å²) in [5.41, 5.74) is 2.06. The molecular formula is C15H11ClN2O2. The largest absolute Gasteiger partial charge is 0.270 e. The van der Waals surface area contributed by atoms with Crippen molar-refractivity contribution in [3.8, 4) is 0 Å². The Labute approximate surface area is 121 Å². The van der Waals surface area contributed by atoms with Gasteiger partial charge in [0, 0.05) is 5.69 Å². The maximum absolute atomic E-state index is 12.3. The van der Waals surface area contributed by atoms with E-state index in [-0.39, 0.29) is 29.1 Å². The van der Waals surface area contributed by atoms with Gasteiger partial charge in [0.05, 0.1) is 17.7 Å². The molecule has 0 unspecified atom stereocenters. The van der Waals surface area contributed by atoms with Crippen molar-refractivity contribution in [2.75, 3.05) is 0 Å². The highest BCUT2D eigenvalue weighted by Gasteiger charge is 2.38. The van der Waals surface area contributed by atoms with Crippen LogP contribution >= 0.6 is 11.6 Å². The number of nitrogens with zero attached hydrogens (tertiary/aromatic N) is 2. The van der Waals surface area contributed by atoms with Gasteiger partial charge in [-0.3, -0.25) is 14.5 Å². The molecule has 2 aromatic rings. The van der Waals surface area contributed by atoms with Gasteiger partial charge in [0.2, 0.25) is 0 Å². The Kier molecular flexibility index (Phi) is 3.03. The Morgan fingerprint density at radius 2 is 1.85 bits per heavy atom. The smallest absolute Gasteiger partial charge is 0.265 e. The van der Waals surface area contributed by atoms with Gasteiger partial charge in [0.1, 0.15) is 5.15 Å². The SMILES string of the molecule is Cc1cc2c(c(Cl)n1)C(=O)N(Cc1ccccc1)C2=O. The number of hydrogen-bond acceptors (Lipinski definition) is 3. The summed E-state index contributed by atoms with van der Waals surface area (Å²) >= 11 is 5.99. The van der Waals surface area contributed by atoms with Crippen LogP contribution in [0.4, 0.5) is 0 Å². The van der Waals surface area contributed by atoms with Crippen LogP contribution in [0.25, 0.3) is 0 Å². The summed E-state index contributed by atoms with van der Waals surface area (Å²) in [7, 11) is 0. The fraction of sp³-hybridized carbons (Fsp3) is 0.133. The number of aryl methyl sites for hydroxylation is 1. The first-order chi connectivity index (χ1) is 9.58. The lowest BCUT2D eigenvalue weighted by Crippen LogP contribution is -2.29. The average Bonchev–Trinajstić information content (AvgIpc) is 2.65. The van der Waals surface area contributed by atoms with Crippen molar-refractivity contribution in [1.29, 1.82) is 0 Å². The summed E-state index contributed by atoms with van der Waals surface area (Å²) in [6, 6.07) is 11.0. The number of aromatic nitrogens is 1. The number of imide groups is 1. The molecule has 0 bridgehead atoms. The fourth-order valence-corrected chi connectivity index (χ4v) is 2.61. The van der Waals surface area contributed by atoms with Gasteiger partial charge in [-0.25, -0.2) is 4.98 Å². The number of pyridine rings is 1. The van der Waals surface area contributed by atoms with Crippen molar-refractivity contribution in [3.63, 3.8) is 0 Å². The lowest BCUT2D eigenvalue weighted by molar-refractivity contribution is 0.0642. The van der Waals surface area contributed by atoms with Gasteiger partial charge in [-0.1, -0.05) is 41.9 Å². The molecule has 0 fully saturated rings. The first-order valence-corrected chi connectivity index (χ1v) is 6.53. The lowest BCUT2D eigenvalue weighted by atomic mass is 10.1. The maximum atomic E-state index is 12.3. The molecule has 0 N–H and O–H groups in total. The van der Waals surface area contributed by atoms with E-state index in [1.54, 1.807) is 13.0 Å². The number of halogens is 1. The van der Waals surface area contributed by atoms with Crippen LogP contribution in [-0.4, -0.2) is 21.7 Å². The van der Waals surface area contributed by atoms with Gasteiger partial charge in [-0.05, 0) is 18.6 Å². The molecule has 2 heterocycles. The molecule has 0 saturated heterocycles. The monoisotopic (exact) mass is 286 g/mol. The average molecular weight is 287 g/mol. The van der Waals surface area contributed by atoms with E-state index in [2.05, 4.69) is 4.98 Å².